The van der Waals surface area contributed by atoms with Crippen molar-refractivity contribution in [1.82, 2.24) is 15.6 Å². The second-order valence-electron chi connectivity index (χ2n) is 2.73. The molecule has 6 heteroatoms. The first-order chi connectivity index (χ1) is 6.79. The van der Waals surface area contributed by atoms with E-state index < -0.39 is 6.09 Å². The standard InChI is InChI=1S/C8H13N3O2S/c12-8(13)11-3-1-2-9-4-7-5-10-6-14-7/h5-6,9,11H,1-4H2,(H,12,13). The molecule has 0 aliphatic rings. The quantitative estimate of drug-likeness (QED) is 0.616. The van der Waals surface area contributed by atoms with Crippen molar-refractivity contribution in [2.45, 2.75) is 13.0 Å². The fourth-order valence-electron chi connectivity index (χ4n) is 0.950. The highest BCUT2D eigenvalue weighted by molar-refractivity contribution is 7.09. The summed E-state index contributed by atoms with van der Waals surface area (Å²) >= 11 is 1.61. The van der Waals surface area contributed by atoms with E-state index in [1.807, 2.05) is 6.20 Å². The molecule has 3 N–H and O–H groups in total. The molecular weight excluding hydrogens is 202 g/mol. The van der Waals surface area contributed by atoms with E-state index in [0.717, 1.165) is 19.5 Å². The van der Waals surface area contributed by atoms with Crippen LogP contribution in [0.3, 0.4) is 0 Å². The van der Waals surface area contributed by atoms with E-state index in [1.165, 1.54) is 4.88 Å². The first-order valence-corrected chi connectivity index (χ1v) is 5.22. The van der Waals surface area contributed by atoms with Crippen LogP contribution in [0.2, 0.25) is 0 Å². The molecule has 0 aliphatic heterocycles. The summed E-state index contributed by atoms with van der Waals surface area (Å²) in [4.78, 5) is 15.2. The molecule has 0 radical (unpaired) electrons. The van der Waals surface area contributed by atoms with Gasteiger partial charge in [0.25, 0.3) is 0 Å². The summed E-state index contributed by atoms with van der Waals surface area (Å²) in [6, 6.07) is 0. The highest BCUT2D eigenvalue weighted by atomic mass is 32.1. The smallest absolute Gasteiger partial charge is 0.404 e. The number of hydrogen-bond donors (Lipinski definition) is 3. The topological polar surface area (TPSA) is 74.2 Å². The Labute approximate surface area is 86.2 Å². The summed E-state index contributed by atoms with van der Waals surface area (Å²) in [5.74, 6) is 0. The van der Waals surface area contributed by atoms with Gasteiger partial charge in [0.05, 0.1) is 5.51 Å². The predicted molar refractivity (Wildman–Crippen MR) is 54.5 cm³/mol. The lowest BCUT2D eigenvalue weighted by Gasteiger charge is -2.02. The Morgan fingerprint density at radius 2 is 2.43 bits per heavy atom. The van der Waals surface area contributed by atoms with Crippen LogP contribution in [-0.2, 0) is 6.54 Å². The maximum Gasteiger partial charge on any atom is 0.404 e. The molecule has 0 aromatic carbocycles. The Bertz CT molecular complexity index is 264. The van der Waals surface area contributed by atoms with Crippen molar-refractivity contribution in [3.63, 3.8) is 0 Å². The summed E-state index contributed by atoms with van der Waals surface area (Å²) in [5, 5.41) is 13.8. The monoisotopic (exact) mass is 215 g/mol. The third kappa shape index (κ3) is 4.78. The molecule has 0 fully saturated rings. The van der Waals surface area contributed by atoms with Crippen LogP contribution in [0.1, 0.15) is 11.3 Å². The SMILES string of the molecule is O=C(O)NCCCNCc1cncs1. The zero-order valence-electron chi connectivity index (χ0n) is 7.69. The van der Waals surface area contributed by atoms with Crippen LogP contribution in [0.25, 0.3) is 0 Å². The maximum atomic E-state index is 10.1. The van der Waals surface area contributed by atoms with Crippen LogP contribution in [0.15, 0.2) is 11.7 Å². The lowest BCUT2D eigenvalue weighted by atomic mass is 10.4. The van der Waals surface area contributed by atoms with Crippen LogP contribution in [0.5, 0.6) is 0 Å². The van der Waals surface area contributed by atoms with Gasteiger partial charge in [-0.05, 0) is 13.0 Å². The van der Waals surface area contributed by atoms with Gasteiger partial charge >= 0.3 is 6.09 Å². The highest BCUT2D eigenvalue weighted by Crippen LogP contribution is 2.03. The van der Waals surface area contributed by atoms with Gasteiger partial charge in [-0.25, -0.2) is 4.79 Å². The number of thiazole rings is 1. The van der Waals surface area contributed by atoms with Crippen molar-refractivity contribution < 1.29 is 9.90 Å². The van der Waals surface area contributed by atoms with Gasteiger partial charge in [0.15, 0.2) is 0 Å². The Morgan fingerprint density at radius 3 is 3.07 bits per heavy atom. The number of rotatable bonds is 6. The Balaban J connectivity index is 1.92. The van der Waals surface area contributed by atoms with E-state index in [-0.39, 0.29) is 0 Å². The fraction of sp³-hybridized carbons (Fsp3) is 0.500. The number of amides is 1. The minimum atomic E-state index is -0.965. The first-order valence-electron chi connectivity index (χ1n) is 4.34. The van der Waals surface area contributed by atoms with Gasteiger partial charge in [0, 0.05) is 24.2 Å². The Morgan fingerprint density at radius 1 is 1.57 bits per heavy atom. The van der Waals surface area contributed by atoms with E-state index in [1.54, 1.807) is 16.8 Å². The molecule has 0 spiro atoms. The van der Waals surface area contributed by atoms with Crippen molar-refractivity contribution in [3.05, 3.63) is 16.6 Å². The molecule has 0 unspecified atom stereocenters. The average Bonchev–Trinajstić information content (AvgIpc) is 2.63. The van der Waals surface area contributed by atoms with Crippen molar-refractivity contribution in [1.29, 1.82) is 0 Å². The highest BCUT2D eigenvalue weighted by Gasteiger charge is 1.95. The number of hydrogen-bond acceptors (Lipinski definition) is 4. The van der Waals surface area contributed by atoms with Gasteiger partial charge in [-0.3, -0.25) is 4.98 Å². The molecule has 1 heterocycles. The molecule has 1 amide bonds. The lowest BCUT2D eigenvalue weighted by Crippen LogP contribution is -2.25. The average molecular weight is 215 g/mol. The number of carboxylic acid groups (broad SMARTS) is 1. The zero-order valence-corrected chi connectivity index (χ0v) is 8.51. The molecular formula is C8H13N3O2S. The normalized spacial score (nSPS) is 10.0. The summed E-state index contributed by atoms with van der Waals surface area (Å²) in [6.45, 7) is 2.10. The number of nitrogens with zero attached hydrogens (tertiary/aromatic N) is 1. The molecule has 0 saturated carbocycles. The zero-order chi connectivity index (χ0) is 10.2. The van der Waals surface area contributed by atoms with Crippen molar-refractivity contribution in [2.75, 3.05) is 13.1 Å². The third-order valence-electron chi connectivity index (χ3n) is 1.59. The van der Waals surface area contributed by atoms with E-state index in [9.17, 15) is 4.79 Å². The molecule has 0 atom stereocenters. The van der Waals surface area contributed by atoms with E-state index in [0.29, 0.717) is 6.54 Å². The minimum Gasteiger partial charge on any atom is -0.465 e. The molecule has 0 saturated heterocycles. The summed E-state index contributed by atoms with van der Waals surface area (Å²) in [5.41, 5.74) is 1.79. The lowest BCUT2D eigenvalue weighted by molar-refractivity contribution is 0.194. The van der Waals surface area contributed by atoms with Crippen molar-refractivity contribution >= 4 is 17.4 Å². The summed E-state index contributed by atoms with van der Waals surface area (Å²) < 4.78 is 0. The van der Waals surface area contributed by atoms with Crippen LogP contribution in [-0.4, -0.2) is 29.3 Å². The van der Waals surface area contributed by atoms with E-state index >= 15 is 0 Å². The number of aromatic nitrogens is 1. The van der Waals surface area contributed by atoms with Gasteiger partial charge in [-0.15, -0.1) is 11.3 Å². The fourth-order valence-corrected chi connectivity index (χ4v) is 1.51. The van der Waals surface area contributed by atoms with Crippen molar-refractivity contribution in [2.24, 2.45) is 0 Å². The van der Waals surface area contributed by atoms with Gasteiger partial charge in [0.1, 0.15) is 0 Å². The summed E-state index contributed by atoms with van der Waals surface area (Å²) in [6.07, 6.45) is 1.66. The van der Waals surface area contributed by atoms with Crippen LogP contribution in [0.4, 0.5) is 4.79 Å². The second-order valence-corrected chi connectivity index (χ2v) is 3.70. The second kappa shape index (κ2) is 6.33. The van der Waals surface area contributed by atoms with Gasteiger partial charge < -0.3 is 15.7 Å². The Kier molecular flexibility index (Phi) is 4.95. The van der Waals surface area contributed by atoms with Crippen LogP contribution >= 0.6 is 11.3 Å². The molecule has 78 valence electrons. The predicted octanol–water partition coefficient (Wildman–Crippen LogP) is 0.890. The molecule has 1 aromatic heterocycles. The van der Waals surface area contributed by atoms with Gasteiger partial charge in [0.2, 0.25) is 0 Å². The van der Waals surface area contributed by atoms with E-state index in [2.05, 4.69) is 15.6 Å². The maximum absolute atomic E-state index is 10.1. The molecule has 14 heavy (non-hydrogen) atoms. The molecule has 5 nitrogen and oxygen atoms in total. The minimum absolute atomic E-state index is 0.491. The van der Waals surface area contributed by atoms with Gasteiger partial charge in [-0.2, -0.15) is 0 Å². The number of carbonyl (C=O) groups is 1. The number of nitrogens with one attached hydrogen (secondary N) is 2. The van der Waals surface area contributed by atoms with Crippen molar-refractivity contribution in [3.8, 4) is 0 Å². The van der Waals surface area contributed by atoms with Gasteiger partial charge in [-0.1, -0.05) is 0 Å². The first kappa shape index (κ1) is 10.9. The van der Waals surface area contributed by atoms with Crippen LogP contribution in [0, 0.1) is 0 Å². The summed E-state index contributed by atoms with van der Waals surface area (Å²) in [7, 11) is 0. The third-order valence-corrected chi connectivity index (χ3v) is 2.37. The van der Waals surface area contributed by atoms with Crippen LogP contribution < -0.4 is 10.6 Å². The molecule has 0 bridgehead atoms. The van der Waals surface area contributed by atoms with E-state index in [4.69, 9.17) is 5.11 Å². The molecule has 0 aliphatic carbocycles. The largest absolute Gasteiger partial charge is 0.465 e. The Hall–Kier alpha value is -1.14. The molecule has 1 aromatic rings. The molecule has 1 rings (SSSR count).